The van der Waals surface area contributed by atoms with E-state index in [1.807, 2.05) is 0 Å². The molecule has 0 radical (unpaired) electrons. The van der Waals surface area contributed by atoms with Crippen molar-refractivity contribution in [2.75, 3.05) is 5.88 Å². The van der Waals surface area contributed by atoms with Crippen LogP contribution in [0.15, 0.2) is 21.6 Å². The lowest BCUT2D eigenvalue weighted by atomic mass is 10.3. The molecular formula is C8H6BrCl3N2. The normalized spacial score (nSPS) is 11.9. The molecule has 0 atom stereocenters. The summed E-state index contributed by atoms with van der Waals surface area (Å²) in [5.41, 5.74) is 5.91. The number of amidine groups is 1. The Kier molecular flexibility index (Phi) is 4.51. The van der Waals surface area contributed by atoms with E-state index in [4.69, 9.17) is 40.5 Å². The van der Waals surface area contributed by atoms with Crippen LogP contribution in [0.4, 0.5) is 5.69 Å². The lowest BCUT2D eigenvalue weighted by Crippen LogP contribution is -2.12. The Hall–Kier alpha value is 0.0400. The predicted octanol–water partition coefficient (Wildman–Crippen LogP) is 3.98. The van der Waals surface area contributed by atoms with Crippen molar-refractivity contribution in [1.82, 2.24) is 0 Å². The monoisotopic (exact) mass is 314 g/mol. The molecule has 0 aliphatic heterocycles. The fourth-order valence-corrected chi connectivity index (χ4v) is 2.17. The molecule has 0 fully saturated rings. The molecule has 6 heteroatoms. The molecule has 14 heavy (non-hydrogen) atoms. The van der Waals surface area contributed by atoms with Gasteiger partial charge in [-0.1, -0.05) is 39.1 Å². The highest BCUT2D eigenvalue weighted by Gasteiger charge is 2.06. The summed E-state index contributed by atoms with van der Waals surface area (Å²) in [5.74, 6) is 0.417. The summed E-state index contributed by atoms with van der Waals surface area (Å²) >= 11 is 20.6. The first kappa shape index (κ1) is 12.1. The van der Waals surface area contributed by atoms with Crippen molar-refractivity contribution in [3.8, 4) is 0 Å². The highest BCUT2D eigenvalue weighted by atomic mass is 79.9. The van der Waals surface area contributed by atoms with Crippen molar-refractivity contribution in [3.05, 3.63) is 26.7 Å². The number of hydrogen-bond acceptors (Lipinski definition) is 1. The van der Waals surface area contributed by atoms with Crippen LogP contribution in [-0.4, -0.2) is 11.7 Å². The Morgan fingerprint density at radius 3 is 2.29 bits per heavy atom. The van der Waals surface area contributed by atoms with E-state index in [0.29, 0.717) is 15.7 Å². The molecule has 2 N–H and O–H groups in total. The topological polar surface area (TPSA) is 38.4 Å². The molecule has 0 aromatic heterocycles. The molecule has 0 aliphatic carbocycles. The standard InChI is InChI=1S/C8H6BrCl3N2/c9-4-1-5(11)8(6(12)2-4)14-7(13)3-10/h1-2H,3H2,(H2,13,14). The van der Waals surface area contributed by atoms with Gasteiger partial charge in [0.15, 0.2) is 0 Å². The molecule has 1 aromatic rings. The van der Waals surface area contributed by atoms with Gasteiger partial charge in [0, 0.05) is 4.47 Å². The molecule has 0 saturated heterocycles. The minimum Gasteiger partial charge on any atom is -0.386 e. The summed E-state index contributed by atoms with van der Waals surface area (Å²) in [6.07, 6.45) is 0. The number of benzene rings is 1. The molecule has 0 spiro atoms. The maximum atomic E-state index is 5.92. The van der Waals surface area contributed by atoms with E-state index in [9.17, 15) is 0 Å². The van der Waals surface area contributed by atoms with Crippen LogP contribution in [0, 0.1) is 0 Å². The summed E-state index contributed by atoms with van der Waals surface area (Å²) in [4.78, 5) is 4.00. The van der Waals surface area contributed by atoms with E-state index < -0.39 is 0 Å². The van der Waals surface area contributed by atoms with Crippen molar-refractivity contribution in [3.63, 3.8) is 0 Å². The maximum Gasteiger partial charge on any atom is 0.115 e. The van der Waals surface area contributed by atoms with Crippen molar-refractivity contribution in [2.24, 2.45) is 10.7 Å². The Balaban J connectivity index is 3.21. The van der Waals surface area contributed by atoms with Crippen molar-refractivity contribution >= 4 is 62.3 Å². The molecule has 0 unspecified atom stereocenters. The van der Waals surface area contributed by atoms with Gasteiger partial charge in [-0.25, -0.2) is 4.99 Å². The van der Waals surface area contributed by atoms with Gasteiger partial charge in [-0.15, -0.1) is 11.6 Å². The largest absolute Gasteiger partial charge is 0.386 e. The van der Waals surface area contributed by atoms with Crippen LogP contribution < -0.4 is 5.73 Å². The maximum absolute atomic E-state index is 5.92. The first-order valence-corrected chi connectivity index (χ1v) is 5.66. The number of nitrogens with two attached hydrogens (primary N) is 1. The van der Waals surface area contributed by atoms with Crippen LogP contribution in [0.1, 0.15) is 0 Å². The summed E-state index contributed by atoms with van der Waals surface area (Å²) in [7, 11) is 0. The minimum absolute atomic E-state index is 0.142. The molecule has 0 aliphatic rings. The number of halogens is 4. The van der Waals surface area contributed by atoms with Crippen molar-refractivity contribution in [2.45, 2.75) is 0 Å². The summed E-state index contributed by atoms with van der Waals surface area (Å²) in [5, 5.41) is 0.856. The predicted molar refractivity (Wildman–Crippen MR) is 66.2 cm³/mol. The Morgan fingerprint density at radius 2 is 1.86 bits per heavy atom. The molecule has 1 aromatic carbocycles. The molecule has 0 amide bonds. The van der Waals surface area contributed by atoms with E-state index in [1.54, 1.807) is 12.1 Å². The van der Waals surface area contributed by atoms with Gasteiger partial charge in [-0.3, -0.25) is 0 Å². The second-order valence-electron chi connectivity index (χ2n) is 2.45. The van der Waals surface area contributed by atoms with Gasteiger partial charge in [0.05, 0.1) is 15.9 Å². The molecular weight excluding hydrogens is 310 g/mol. The first-order chi connectivity index (χ1) is 6.54. The summed E-state index contributed by atoms with van der Waals surface area (Å²) < 4.78 is 0.788. The van der Waals surface area contributed by atoms with Gasteiger partial charge in [-0.2, -0.15) is 0 Å². The lowest BCUT2D eigenvalue weighted by molar-refractivity contribution is 1.44. The molecule has 1 rings (SSSR count). The second-order valence-corrected chi connectivity index (χ2v) is 4.45. The second kappa shape index (κ2) is 5.21. The first-order valence-electron chi connectivity index (χ1n) is 3.58. The third kappa shape index (κ3) is 3.02. The third-order valence-corrected chi connectivity index (χ3v) is 2.68. The summed E-state index contributed by atoms with van der Waals surface area (Å²) in [6, 6.07) is 3.38. The van der Waals surface area contributed by atoms with Crippen LogP contribution in [0.25, 0.3) is 0 Å². The molecule has 0 heterocycles. The summed E-state index contributed by atoms with van der Waals surface area (Å²) in [6.45, 7) is 0. The number of alkyl halides is 1. The van der Waals surface area contributed by atoms with E-state index in [2.05, 4.69) is 20.9 Å². The van der Waals surface area contributed by atoms with Crippen molar-refractivity contribution in [1.29, 1.82) is 0 Å². The van der Waals surface area contributed by atoms with E-state index in [1.165, 1.54) is 0 Å². The van der Waals surface area contributed by atoms with Gasteiger partial charge in [0.2, 0.25) is 0 Å². The van der Waals surface area contributed by atoms with E-state index in [0.717, 1.165) is 4.47 Å². The molecule has 2 nitrogen and oxygen atoms in total. The van der Waals surface area contributed by atoms with E-state index >= 15 is 0 Å². The molecule has 0 saturated carbocycles. The van der Waals surface area contributed by atoms with Gasteiger partial charge >= 0.3 is 0 Å². The zero-order chi connectivity index (χ0) is 10.7. The average molecular weight is 316 g/mol. The van der Waals surface area contributed by atoms with Crippen molar-refractivity contribution < 1.29 is 0 Å². The van der Waals surface area contributed by atoms with E-state index in [-0.39, 0.29) is 11.7 Å². The number of rotatable bonds is 2. The highest BCUT2D eigenvalue weighted by molar-refractivity contribution is 9.10. The number of aliphatic imine (C=N–C) groups is 1. The zero-order valence-electron chi connectivity index (χ0n) is 6.90. The quantitative estimate of drug-likeness (QED) is 0.500. The number of hydrogen-bond donors (Lipinski definition) is 1. The third-order valence-electron chi connectivity index (χ3n) is 1.37. The van der Waals surface area contributed by atoms with Gasteiger partial charge in [0.25, 0.3) is 0 Å². The van der Waals surface area contributed by atoms with Crippen LogP contribution in [0.5, 0.6) is 0 Å². The highest BCUT2D eigenvalue weighted by Crippen LogP contribution is 2.35. The van der Waals surface area contributed by atoms with Crippen LogP contribution >= 0.6 is 50.7 Å². The minimum atomic E-state index is 0.142. The molecule has 76 valence electrons. The van der Waals surface area contributed by atoms with Gasteiger partial charge in [-0.05, 0) is 12.1 Å². The van der Waals surface area contributed by atoms with Gasteiger partial charge < -0.3 is 5.73 Å². The van der Waals surface area contributed by atoms with Crippen LogP contribution in [0.2, 0.25) is 10.0 Å². The smallest absolute Gasteiger partial charge is 0.115 e. The number of nitrogens with zero attached hydrogens (tertiary/aromatic N) is 1. The average Bonchev–Trinajstić information content (AvgIpc) is 2.10. The van der Waals surface area contributed by atoms with Gasteiger partial charge in [0.1, 0.15) is 11.5 Å². The van der Waals surface area contributed by atoms with Crippen LogP contribution in [-0.2, 0) is 0 Å². The fraction of sp³-hybridized carbons (Fsp3) is 0.125. The lowest BCUT2D eigenvalue weighted by Gasteiger charge is -2.03. The Morgan fingerprint density at radius 1 is 1.36 bits per heavy atom. The fourth-order valence-electron chi connectivity index (χ4n) is 0.815. The Labute approximate surface area is 105 Å². The molecule has 0 bridgehead atoms. The van der Waals surface area contributed by atoms with Crippen LogP contribution in [0.3, 0.4) is 0 Å². The SMILES string of the molecule is NC(CCl)=Nc1c(Cl)cc(Br)cc1Cl. The zero-order valence-corrected chi connectivity index (χ0v) is 10.8. The Bertz CT molecular complexity index is 356.